The van der Waals surface area contributed by atoms with Crippen LogP contribution in [0.1, 0.15) is 20.3 Å². The third-order valence-electron chi connectivity index (χ3n) is 3.11. The highest BCUT2D eigenvalue weighted by Gasteiger charge is 2.35. The molecule has 0 radical (unpaired) electrons. The van der Waals surface area contributed by atoms with Gasteiger partial charge in [0.2, 0.25) is 5.91 Å². The topological polar surface area (TPSA) is 49.9 Å². The number of carbonyl (C=O) groups excluding carboxylic acids is 2. The molecule has 0 spiro atoms. The van der Waals surface area contributed by atoms with Crippen LogP contribution in [0.5, 0.6) is 0 Å². The van der Waals surface area contributed by atoms with Crippen LogP contribution >= 0.6 is 11.8 Å². The Hall–Kier alpha value is -1.43. The summed E-state index contributed by atoms with van der Waals surface area (Å²) >= 11 is 1.60. The molecular weight excluding hydrogens is 276 g/mol. The molecule has 0 unspecified atom stereocenters. The Morgan fingerprint density at radius 1 is 1.40 bits per heavy atom. The van der Waals surface area contributed by atoms with Gasteiger partial charge in [-0.25, -0.2) is 4.79 Å². The molecule has 20 heavy (non-hydrogen) atoms. The van der Waals surface area contributed by atoms with E-state index in [-0.39, 0.29) is 18.0 Å². The van der Waals surface area contributed by atoms with Gasteiger partial charge in [-0.15, -0.1) is 11.8 Å². The summed E-state index contributed by atoms with van der Waals surface area (Å²) in [6.45, 7) is 4.44. The molecule has 2 rings (SSSR count). The van der Waals surface area contributed by atoms with Crippen LogP contribution < -0.4 is 0 Å². The summed E-state index contributed by atoms with van der Waals surface area (Å²) in [5.74, 6) is 0.471. The Morgan fingerprint density at radius 2 is 2.10 bits per heavy atom. The highest BCUT2D eigenvalue weighted by Crippen LogP contribution is 2.42. The van der Waals surface area contributed by atoms with Crippen molar-refractivity contribution >= 4 is 23.6 Å². The number of nitrogens with zero attached hydrogens (tertiary/aromatic N) is 2. The minimum atomic E-state index is -0.231. The maximum absolute atomic E-state index is 12.0. The van der Waals surface area contributed by atoms with Crippen molar-refractivity contribution in [1.29, 1.82) is 0 Å². The van der Waals surface area contributed by atoms with Crippen LogP contribution in [-0.4, -0.2) is 54.2 Å². The van der Waals surface area contributed by atoms with Crippen molar-refractivity contribution in [2.45, 2.75) is 26.4 Å². The van der Waals surface area contributed by atoms with Crippen LogP contribution in [0.15, 0.2) is 22.4 Å². The molecule has 0 aromatic heterocycles. The summed E-state index contributed by atoms with van der Waals surface area (Å²) < 4.78 is 5.27. The minimum Gasteiger partial charge on any atom is -0.460 e. The predicted molar refractivity (Wildman–Crippen MR) is 78.8 cm³/mol. The molecule has 2 aliphatic heterocycles. The molecular formula is C14H20N2O3S. The first-order valence-electron chi connectivity index (χ1n) is 6.66. The van der Waals surface area contributed by atoms with E-state index in [2.05, 4.69) is 4.90 Å². The van der Waals surface area contributed by atoms with Crippen LogP contribution in [0.4, 0.5) is 0 Å². The zero-order chi connectivity index (χ0) is 14.9. The zero-order valence-corrected chi connectivity index (χ0v) is 13.1. The van der Waals surface area contributed by atoms with Gasteiger partial charge in [0.25, 0.3) is 0 Å². The normalized spacial score (nSPS) is 19.9. The van der Waals surface area contributed by atoms with Crippen LogP contribution in [0, 0.1) is 0 Å². The standard InChI is InChI=1S/C14H20N2O3S/c1-9(2)19-14(18)11-5-6-16-10(8-20-13(11)16)7-12(17)15(3)4/h7,9H,5-6,8H2,1-4H3/b10-7+. The van der Waals surface area contributed by atoms with E-state index in [1.54, 1.807) is 36.8 Å². The SMILES string of the molecule is CC(C)OC(=O)C1=C2SC/C(=C\C(=O)N(C)C)N2CC1. The molecule has 0 aromatic carbocycles. The number of hydrogen-bond donors (Lipinski definition) is 0. The lowest BCUT2D eigenvalue weighted by Gasteiger charge is -2.15. The first kappa shape index (κ1) is 15.0. The van der Waals surface area contributed by atoms with Crippen molar-refractivity contribution in [3.8, 4) is 0 Å². The van der Waals surface area contributed by atoms with Crippen LogP contribution in [-0.2, 0) is 14.3 Å². The molecule has 0 N–H and O–H groups in total. The van der Waals surface area contributed by atoms with Gasteiger partial charge >= 0.3 is 5.97 Å². The number of esters is 1. The summed E-state index contributed by atoms with van der Waals surface area (Å²) in [7, 11) is 3.46. The Labute approximate surface area is 123 Å². The van der Waals surface area contributed by atoms with E-state index in [4.69, 9.17) is 4.74 Å². The van der Waals surface area contributed by atoms with E-state index in [0.29, 0.717) is 6.42 Å². The summed E-state index contributed by atoms with van der Waals surface area (Å²) in [5.41, 5.74) is 1.71. The molecule has 1 saturated heterocycles. The molecule has 2 aliphatic rings. The van der Waals surface area contributed by atoms with E-state index >= 15 is 0 Å². The van der Waals surface area contributed by atoms with Crippen molar-refractivity contribution < 1.29 is 14.3 Å². The first-order valence-corrected chi connectivity index (χ1v) is 7.65. The number of amides is 1. The quantitative estimate of drug-likeness (QED) is 0.584. The Balaban J connectivity index is 2.16. The van der Waals surface area contributed by atoms with Crippen molar-refractivity contribution in [1.82, 2.24) is 9.80 Å². The summed E-state index contributed by atoms with van der Waals surface area (Å²) in [4.78, 5) is 27.4. The van der Waals surface area contributed by atoms with Gasteiger partial charge in [-0.3, -0.25) is 4.79 Å². The molecule has 5 nitrogen and oxygen atoms in total. The van der Waals surface area contributed by atoms with Crippen LogP contribution in [0.3, 0.4) is 0 Å². The van der Waals surface area contributed by atoms with Crippen molar-refractivity contribution in [3.63, 3.8) is 0 Å². The lowest BCUT2D eigenvalue weighted by Crippen LogP contribution is -2.22. The van der Waals surface area contributed by atoms with Crippen LogP contribution in [0.2, 0.25) is 0 Å². The molecule has 0 atom stereocenters. The molecule has 0 aromatic rings. The fourth-order valence-corrected chi connectivity index (χ4v) is 3.37. The first-order chi connectivity index (χ1) is 9.40. The van der Waals surface area contributed by atoms with E-state index < -0.39 is 0 Å². The van der Waals surface area contributed by atoms with Crippen LogP contribution in [0.25, 0.3) is 0 Å². The Morgan fingerprint density at radius 3 is 2.70 bits per heavy atom. The predicted octanol–water partition coefficient (Wildman–Crippen LogP) is 1.57. The summed E-state index contributed by atoms with van der Waals surface area (Å²) in [6, 6.07) is 0. The molecule has 110 valence electrons. The number of carbonyl (C=O) groups is 2. The van der Waals surface area contributed by atoms with E-state index in [1.807, 2.05) is 13.8 Å². The van der Waals surface area contributed by atoms with Crippen molar-refractivity contribution in [2.24, 2.45) is 0 Å². The number of fused-ring (bicyclic) bond motifs is 1. The lowest BCUT2D eigenvalue weighted by atomic mass is 10.2. The smallest absolute Gasteiger partial charge is 0.336 e. The largest absolute Gasteiger partial charge is 0.460 e. The molecule has 6 heteroatoms. The maximum atomic E-state index is 12.0. The van der Waals surface area contributed by atoms with Crippen molar-refractivity contribution in [3.05, 3.63) is 22.4 Å². The third-order valence-corrected chi connectivity index (χ3v) is 4.29. The molecule has 0 aliphatic carbocycles. The van der Waals surface area contributed by atoms with Gasteiger partial charge in [-0.2, -0.15) is 0 Å². The third kappa shape index (κ3) is 3.00. The minimum absolute atomic E-state index is 0.0277. The number of thioether (sulfide) groups is 1. The average molecular weight is 296 g/mol. The van der Waals surface area contributed by atoms with E-state index in [1.165, 1.54) is 0 Å². The number of hydrogen-bond acceptors (Lipinski definition) is 5. The Bertz CT molecular complexity index is 495. The van der Waals surface area contributed by atoms with Gasteiger partial charge in [0.1, 0.15) is 0 Å². The summed E-state index contributed by atoms with van der Waals surface area (Å²) in [5, 5.41) is 0.952. The molecule has 1 fully saturated rings. The van der Waals surface area contributed by atoms with Gasteiger partial charge in [-0.1, -0.05) is 0 Å². The highest BCUT2D eigenvalue weighted by atomic mass is 32.2. The van der Waals surface area contributed by atoms with Gasteiger partial charge in [0, 0.05) is 44.6 Å². The highest BCUT2D eigenvalue weighted by molar-refractivity contribution is 8.03. The lowest BCUT2D eigenvalue weighted by molar-refractivity contribution is -0.142. The number of rotatable bonds is 3. The molecule has 0 saturated carbocycles. The summed E-state index contributed by atoms with van der Waals surface area (Å²) in [6.07, 6.45) is 2.22. The average Bonchev–Trinajstić information content (AvgIpc) is 2.90. The van der Waals surface area contributed by atoms with Gasteiger partial charge in [0.05, 0.1) is 16.7 Å². The van der Waals surface area contributed by atoms with Gasteiger partial charge < -0.3 is 14.5 Å². The fraction of sp³-hybridized carbons (Fsp3) is 0.571. The van der Waals surface area contributed by atoms with E-state index in [9.17, 15) is 9.59 Å². The number of ether oxygens (including phenoxy) is 1. The Kier molecular flexibility index (Phi) is 4.42. The van der Waals surface area contributed by atoms with Gasteiger partial charge in [0.15, 0.2) is 0 Å². The zero-order valence-electron chi connectivity index (χ0n) is 12.3. The van der Waals surface area contributed by atoms with E-state index in [0.717, 1.165) is 28.6 Å². The fourth-order valence-electron chi connectivity index (χ4n) is 2.12. The second-order valence-corrected chi connectivity index (χ2v) is 6.26. The maximum Gasteiger partial charge on any atom is 0.336 e. The molecule has 2 heterocycles. The van der Waals surface area contributed by atoms with Crippen molar-refractivity contribution in [2.75, 3.05) is 26.4 Å². The number of likely N-dealkylation sites (N-methyl/N-ethyl adjacent to an activating group) is 1. The second-order valence-electron chi connectivity index (χ2n) is 5.30. The molecule has 1 amide bonds. The molecule has 0 bridgehead atoms. The monoisotopic (exact) mass is 296 g/mol. The van der Waals surface area contributed by atoms with Gasteiger partial charge in [-0.05, 0) is 13.8 Å². The second kappa shape index (κ2) is 5.91.